The van der Waals surface area contributed by atoms with Crippen molar-refractivity contribution in [2.24, 2.45) is 0 Å². The second-order valence-corrected chi connectivity index (χ2v) is 3.95. The van der Waals surface area contributed by atoms with Gasteiger partial charge in [0.15, 0.2) is 0 Å². The number of ether oxygens (including phenoxy) is 1. The fraction of sp³-hybridized carbons (Fsp3) is 0.462. The van der Waals surface area contributed by atoms with Crippen molar-refractivity contribution in [1.82, 2.24) is 4.90 Å². The van der Waals surface area contributed by atoms with Crippen LogP contribution in [0.2, 0.25) is 0 Å². The molecule has 0 radical (unpaired) electrons. The Hall–Kier alpha value is -1.49. The van der Waals surface area contributed by atoms with Crippen molar-refractivity contribution in [2.75, 3.05) is 26.7 Å². The van der Waals surface area contributed by atoms with Gasteiger partial charge in [-0.25, -0.2) is 0 Å². The summed E-state index contributed by atoms with van der Waals surface area (Å²) < 4.78 is 32.4. The summed E-state index contributed by atoms with van der Waals surface area (Å²) in [5.74, 6) is -3.49. The number of benzene rings is 1. The Morgan fingerprint density at radius 2 is 1.94 bits per heavy atom. The lowest BCUT2D eigenvalue weighted by atomic mass is 10.1. The van der Waals surface area contributed by atoms with Crippen LogP contribution in [0.25, 0.3) is 0 Å². The number of likely N-dealkylation sites (N-methyl/N-ethyl adjacent to an activating group) is 1. The van der Waals surface area contributed by atoms with E-state index < -0.39 is 18.4 Å². The average molecular weight is 257 g/mol. The van der Waals surface area contributed by atoms with E-state index in [0.717, 1.165) is 0 Å². The number of carbonyl (C=O) groups is 1. The smallest absolute Gasteiger partial charge is 0.319 e. The Balaban J connectivity index is 2.71. The molecule has 0 bridgehead atoms. The minimum Gasteiger partial charge on any atom is -0.468 e. The van der Waals surface area contributed by atoms with Crippen LogP contribution in [0.15, 0.2) is 30.3 Å². The quantitative estimate of drug-likeness (QED) is 0.732. The third kappa shape index (κ3) is 4.07. The predicted octanol–water partition coefficient (Wildman–Crippen LogP) is 2.27. The van der Waals surface area contributed by atoms with Crippen molar-refractivity contribution in [1.29, 1.82) is 0 Å². The van der Waals surface area contributed by atoms with Gasteiger partial charge in [-0.15, -0.1) is 0 Å². The van der Waals surface area contributed by atoms with E-state index in [9.17, 15) is 13.6 Å². The van der Waals surface area contributed by atoms with Crippen LogP contribution in [-0.2, 0) is 15.5 Å². The number of esters is 1. The molecule has 0 aliphatic heterocycles. The molecule has 0 heterocycles. The molecule has 0 spiro atoms. The lowest BCUT2D eigenvalue weighted by Gasteiger charge is -2.25. The molecule has 0 aromatic heterocycles. The molecule has 1 rings (SSSR count). The molecular weight excluding hydrogens is 240 g/mol. The Kier molecular flexibility index (Phi) is 5.22. The molecule has 18 heavy (non-hydrogen) atoms. The summed E-state index contributed by atoms with van der Waals surface area (Å²) in [5, 5.41) is 0. The fourth-order valence-corrected chi connectivity index (χ4v) is 1.58. The topological polar surface area (TPSA) is 29.5 Å². The van der Waals surface area contributed by atoms with Crippen LogP contribution in [0.1, 0.15) is 12.5 Å². The van der Waals surface area contributed by atoms with Crippen molar-refractivity contribution in [3.05, 3.63) is 35.9 Å². The molecule has 0 unspecified atom stereocenters. The zero-order chi connectivity index (χ0) is 13.6. The standard InChI is InChI=1S/C13H17F2NO2/c1-3-16(9-12(17)18-2)10-13(14,15)11-7-5-4-6-8-11/h4-8H,3,9-10H2,1-2H3. The Morgan fingerprint density at radius 3 is 2.44 bits per heavy atom. The molecule has 0 fully saturated rings. The lowest BCUT2D eigenvalue weighted by Crippen LogP contribution is -2.38. The number of carbonyl (C=O) groups excluding carboxylic acids is 1. The minimum absolute atomic E-state index is 0.0479. The number of halogens is 2. The molecule has 0 amide bonds. The average Bonchev–Trinajstić information content (AvgIpc) is 2.38. The summed E-state index contributed by atoms with van der Waals surface area (Å²) in [4.78, 5) is 12.5. The Bertz CT molecular complexity index is 382. The van der Waals surface area contributed by atoms with Gasteiger partial charge >= 0.3 is 5.97 Å². The zero-order valence-electron chi connectivity index (χ0n) is 10.5. The van der Waals surface area contributed by atoms with Crippen molar-refractivity contribution in [3.63, 3.8) is 0 Å². The number of nitrogens with zero attached hydrogens (tertiary/aromatic N) is 1. The van der Waals surface area contributed by atoms with Crippen LogP contribution < -0.4 is 0 Å². The minimum atomic E-state index is -2.98. The van der Waals surface area contributed by atoms with Gasteiger partial charge in [-0.2, -0.15) is 8.78 Å². The lowest BCUT2D eigenvalue weighted by molar-refractivity contribution is -0.143. The fourth-order valence-electron chi connectivity index (χ4n) is 1.58. The molecule has 0 saturated heterocycles. The number of methoxy groups -OCH3 is 1. The third-order valence-electron chi connectivity index (χ3n) is 2.65. The summed E-state index contributed by atoms with van der Waals surface area (Å²) >= 11 is 0. The first-order valence-electron chi connectivity index (χ1n) is 5.72. The van der Waals surface area contributed by atoms with Gasteiger partial charge in [0, 0.05) is 5.56 Å². The highest BCUT2D eigenvalue weighted by Gasteiger charge is 2.33. The van der Waals surface area contributed by atoms with Crippen LogP contribution in [0, 0.1) is 0 Å². The first-order valence-corrected chi connectivity index (χ1v) is 5.72. The van der Waals surface area contributed by atoms with Crippen molar-refractivity contribution < 1.29 is 18.3 Å². The van der Waals surface area contributed by atoms with E-state index in [1.165, 1.54) is 24.1 Å². The number of rotatable bonds is 6. The molecular formula is C13H17F2NO2. The highest BCUT2D eigenvalue weighted by molar-refractivity contribution is 5.71. The summed E-state index contributed by atoms with van der Waals surface area (Å²) in [6, 6.07) is 7.59. The van der Waals surface area contributed by atoms with E-state index in [-0.39, 0.29) is 12.1 Å². The van der Waals surface area contributed by atoms with Crippen molar-refractivity contribution in [3.8, 4) is 0 Å². The maximum atomic E-state index is 14.0. The second kappa shape index (κ2) is 6.44. The number of alkyl halides is 2. The zero-order valence-corrected chi connectivity index (χ0v) is 10.5. The summed E-state index contributed by atoms with van der Waals surface area (Å²) in [6.45, 7) is 1.46. The molecule has 0 N–H and O–H groups in total. The molecule has 100 valence electrons. The van der Waals surface area contributed by atoms with E-state index in [4.69, 9.17) is 0 Å². The third-order valence-corrected chi connectivity index (χ3v) is 2.65. The second-order valence-electron chi connectivity index (χ2n) is 3.95. The maximum Gasteiger partial charge on any atom is 0.319 e. The highest BCUT2D eigenvalue weighted by Crippen LogP contribution is 2.28. The van der Waals surface area contributed by atoms with Crippen molar-refractivity contribution >= 4 is 5.97 Å². The Labute approximate surface area is 105 Å². The van der Waals surface area contributed by atoms with Gasteiger partial charge < -0.3 is 4.74 Å². The molecule has 0 saturated carbocycles. The highest BCUT2D eigenvalue weighted by atomic mass is 19.3. The summed E-state index contributed by atoms with van der Waals surface area (Å²) in [6.07, 6.45) is 0. The van der Waals surface area contributed by atoms with Gasteiger partial charge in [0.2, 0.25) is 0 Å². The SMILES string of the molecule is CCN(CC(=O)OC)CC(F)(F)c1ccccc1. The van der Waals surface area contributed by atoms with Crippen LogP contribution in [0.5, 0.6) is 0 Å². The van der Waals surface area contributed by atoms with E-state index in [1.807, 2.05) is 0 Å². The van der Waals surface area contributed by atoms with Gasteiger partial charge in [0.25, 0.3) is 5.92 Å². The largest absolute Gasteiger partial charge is 0.468 e. The van der Waals surface area contributed by atoms with Gasteiger partial charge in [0.05, 0.1) is 20.2 Å². The molecule has 0 aliphatic carbocycles. The molecule has 1 aromatic rings. The number of hydrogen-bond acceptors (Lipinski definition) is 3. The molecule has 1 aromatic carbocycles. The van der Waals surface area contributed by atoms with Crippen LogP contribution in [0.4, 0.5) is 8.78 Å². The van der Waals surface area contributed by atoms with E-state index in [2.05, 4.69) is 4.74 Å². The Morgan fingerprint density at radius 1 is 1.33 bits per heavy atom. The van der Waals surface area contributed by atoms with E-state index in [1.54, 1.807) is 25.1 Å². The summed E-state index contributed by atoms with van der Waals surface area (Å²) in [5.41, 5.74) is -0.0479. The molecule has 3 nitrogen and oxygen atoms in total. The van der Waals surface area contributed by atoms with Gasteiger partial charge in [0.1, 0.15) is 0 Å². The first-order chi connectivity index (χ1) is 8.49. The van der Waals surface area contributed by atoms with Crippen LogP contribution in [0.3, 0.4) is 0 Å². The van der Waals surface area contributed by atoms with Gasteiger partial charge in [-0.05, 0) is 6.54 Å². The maximum absolute atomic E-state index is 14.0. The number of hydrogen-bond donors (Lipinski definition) is 0. The molecule has 0 aliphatic rings. The van der Waals surface area contributed by atoms with E-state index in [0.29, 0.717) is 6.54 Å². The monoisotopic (exact) mass is 257 g/mol. The predicted molar refractivity (Wildman–Crippen MR) is 64.5 cm³/mol. The molecule has 5 heteroatoms. The van der Waals surface area contributed by atoms with Gasteiger partial charge in [-0.1, -0.05) is 37.3 Å². The van der Waals surface area contributed by atoms with Crippen LogP contribution in [-0.4, -0.2) is 37.6 Å². The van der Waals surface area contributed by atoms with Crippen LogP contribution >= 0.6 is 0 Å². The van der Waals surface area contributed by atoms with Gasteiger partial charge in [-0.3, -0.25) is 9.69 Å². The van der Waals surface area contributed by atoms with Crippen molar-refractivity contribution in [2.45, 2.75) is 12.8 Å². The summed E-state index contributed by atoms with van der Waals surface area (Å²) in [7, 11) is 1.24. The first kappa shape index (κ1) is 14.6. The normalized spacial score (nSPS) is 11.6. The van der Waals surface area contributed by atoms with E-state index >= 15 is 0 Å². The molecule has 0 atom stereocenters.